The van der Waals surface area contributed by atoms with Gasteiger partial charge in [-0.15, -0.1) is 11.3 Å². The Morgan fingerprint density at radius 1 is 0.944 bits per heavy atom. The minimum absolute atomic E-state index is 0.0337. The molecule has 0 spiro atoms. The highest BCUT2D eigenvalue weighted by Crippen LogP contribution is 2.38. The molecule has 2 fully saturated rings. The summed E-state index contributed by atoms with van der Waals surface area (Å²) in [5.74, 6) is -0.586. The minimum atomic E-state index is -3.72. The molecule has 0 unspecified atom stereocenters. The highest BCUT2D eigenvalue weighted by Gasteiger charge is 2.45. The molecule has 0 N–H and O–H groups in total. The van der Waals surface area contributed by atoms with Crippen molar-refractivity contribution in [1.82, 2.24) is 9.21 Å². The molecule has 9 heteroatoms. The third kappa shape index (κ3) is 4.92. The lowest BCUT2D eigenvalue weighted by Gasteiger charge is -2.38. The van der Waals surface area contributed by atoms with E-state index in [4.69, 9.17) is 11.6 Å². The highest BCUT2D eigenvalue weighted by molar-refractivity contribution is 7.91. The zero-order chi connectivity index (χ0) is 25.4. The van der Waals surface area contributed by atoms with Gasteiger partial charge in [0.05, 0.1) is 10.3 Å². The molecule has 36 heavy (non-hydrogen) atoms. The summed E-state index contributed by atoms with van der Waals surface area (Å²) in [6.07, 6.45) is 0. The van der Waals surface area contributed by atoms with E-state index >= 15 is 0 Å². The number of rotatable bonds is 5. The molecule has 2 atom stereocenters. The summed E-state index contributed by atoms with van der Waals surface area (Å²) in [6, 6.07) is 19.4. The number of carbonyl (C=O) groups excluding carboxylic acids is 1. The molecule has 0 saturated carbocycles. The molecule has 3 heterocycles. The first kappa shape index (κ1) is 25.3. The lowest BCUT2D eigenvalue weighted by molar-refractivity contribution is -0.135. The first-order chi connectivity index (χ1) is 17.2. The summed E-state index contributed by atoms with van der Waals surface area (Å²) in [5, 5.41) is 0. The fourth-order valence-electron chi connectivity index (χ4n) is 5.28. The smallest absolute Gasteiger partial charge is 0.252 e. The quantitative estimate of drug-likeness (QED) is 0.465. The Morgan fingerprint density at radius 2 is 1.67 bits per heavy atom. The van der Waals surface area contributed by atoms with Crippen LogP contribution >= 0.6 is 22.9 Å². The van der Waals surface area contributed by atoms with E-state index in [0.717, 1.165) is 30.0 Å². The molecule has 1 amide bonds. The van der Waals surface area contributed by atoms with E-state index in [-0.39, 0.29) is 29.1 Å². The van der Waals surface area contributed by atoms with Crippen molar-refractivity contribution in [3.05, 3.63) is 81.7 Å². The zero-order valence-corrected chi connectivity index (χ0v) is 22.8. The van der Waals surface area contributed by atoms with E-state index < -0.39 is 15.9 Å². The van der Waals surface area contributed by atoms with Crippen LogP contribution in [0, 0.1) is 19.8 Å². The highest BCUT2D eigenvalue weighted by atomic mass is 35.5. The van der Waals surface area contributed by atoms with Gasteiger partial charge in [-0.2, -0.15) is 4.31 Å². The van der Waals surface area contributed by atoms with Gasteiger partial charge < -0.3 is 9.80 Å². The number of piperazine rings is 1. The fourth-order valence-corrected chi connectivity index (χ4v) is 8.41. The number of amides is 1. The van der Waals surface area contributed by atoms with Gasteiger partial charge in [0.25, 0.3) is 10.0 Å². The number of hydrogen-bond donors (Lipinski definition) is 0. The van der Waals surface area contributed by atoms with Crippen molar-refractivity contribution in [2.24, 2.45) is 5.92 Å². The molecule has 3 aromatic rings. The summed E-state index contributed by atoms with van der Waals surface area (Å²) in [7, 11) is -3.72. The van der Waals surface area contributed by atoms with Gasteiger partial charge in [0.1, 0.15) is 4.21 Å². The van der Waals surface area contributed by atoms with Crippen molar-refractivity contribution in [2.75, 3.05) is 44.2 Å². The Kier molecular flexibility index (Phi) is 7.14. The van der Waals surface area contributed by atoms with Gasteiger partial charge in [0.15, 0.2) is 0 Å². The lowest BCUT2D eigenvalue weighted by Crippen LogP contribution is -2.51. The van der Waals surface area contributed by atoms with Crippen LogP contribution < -0.4 is 4.90 Å². The van der Waals surface area contributed by atoms with Crippen LogP contribution in [0.1, 0.15) is 22.6 Å². The second-order valence-electron chi connectivity index (χ2n) is 9.61. The van der Waals surface area contributed by atoms with E-state index in [2.05, 4.69) is 36.9 Å². The number of aryl methyl sites for hydroxylation is 2. The molecule has 2 saturated heterocycles. The number of nitrogens with zero attached hydrogens (tertiary/aromatic N) is 3. The number of thiophene rings is 1. The van der Waals surface area contributed by atoms with Crippen molar-refractivity contribution in [2.45, 2.75) is 24.0 Å². The molecule has 2 aromatic carbocycles. The first-order valence-corrected chi connectivity index (χ1v) is 14.8. The van der Waals surface area contributed by atoms with Crippen molar-refractivity contribution < 1.29 is 13.2 Å². The number of hydrogen-bond acceptors (Lipinski definition) is 5. The van der Waals surface area contributed by atoms with E-state index in [1.807, 2.05) is 35.2 Å². The molecule has 190 valence electrons. The van der Waals surface area contributed by atoms with E-state index in [1.54, 1.807) is 12.1 Å². The first-order valence-electron chi connectivity index (χ1n) is 12.2. The Bertz CT molecular complexity index is 1350. The van der Waals surface area contributed by atoms with Gasteiger partial charge >= 0.3 is 0 Å². The Hall–Kier alpha value is -2.39. The average molecular weight is 544 g/mol. The van der Waals surface area contributed by atoms with Crippen LogP contribution in [0.5, 0.6) is 0 Å². The molecule has 0 aliphatic carbocycles. The summed E-state index contributed by atoms with van der Waals surface area (Å²) in [6.45, 7) is 7.42. The van der Waals surface area contributed by atoms with Crippen LogP contribution in [0.2, 0.25) is 4.34 Å². The van der Waals surface area contributed by atoms with Crippen LogP contribution in [-0.2, 0) is 14.8 Å². The monoisotopic (exact) mass is 543 g/mol. The minimum Gasteiger partial charge on any atom is -0.368 e. The average Bonchev–Trinajstić information content (AvgIpc) is 3.53. The normalized spacial score (nSPS) is 21.2. The zero-order valence-electron chi connectivity index (χ0n) is 20.4. The standard InChI is InChI=1S/C27H30ClN3O3S2/c1-19-8-9-20(2)24(16-19)29-12-14-30(15-13-29)27(32)23-18-31(17-22(23)21-6-4-3-5-7-21)36(33,34)26-11-10-25(28)35-26/h3-11,16,22-23H,12-15,17-18H2,1-2H3/t22-,23+/m0/s1. The molecule has 1 aromatic heterocycles. The summed E-state index contributed by atoms with van der Waals surface area (Å²) in [5.41, 5.74) is 4.66. The molecular formula is C27H30ClN3O3S2. The largest absolute Gasteiger partial charge is 0.368 e. The maximum Gasteiger partial charge on any atom is 0.252 e. The van der Waals surface area contributed by atoms with Crippen LogP contribution in [0.25, 0.3) is 0 Å². The maximum atomic E-state index is 13.8. The molecular weight excluding hydrogens is 514 g/mol. The Balaban J connectivity index is 1.35. The predicted octanol–water partition coefficient (Wildman–Crippen LogP) is 4.77. The van der Waals surface area contributed by atoms with E-state index in [0.29, 0.717) is 17.4 Å². The third-order valence-electron chi connectivity index (χ3n) is 7.27. The summed E-state index contributed by atoms with van der Waals surface area (Å²) in [4.78, 5) is 18.1. The Morgan fingerprint density at radius 3 is 2.33 bits per heavy atom. The van der Waals surface area contributed by atoms with Gasteiger partial charge in [0, 0.05) is 50.9 Å². The van der Waals surface area contributed by atoms with Gasteiger partial charge in [0.2, 0.25) is 5.91 Å². The number of benzene rings is 2. The van der Waals surface area contributed by atoms with Crippen LogP contribution in [0.4, 0.5) is 5.69 Å². The van der Waals surface area contributed by atoms with Crippen molar-refractivity contribution in [1.29, 1.82) is 0 Å². The molecule has 2 aliphatic heterocycles. The maximum absolute atomic E-state index is 13.8. The lowest BCUT2D eigenvalue weighted by atomic mass is 9.88. The molecule has 2 aliphatic rings. The van der Waals surface area contributed by atoms with Crippen molar-refractivity contribution in [3.8, 4) is 0 Å². The topological polar surface area (TPSA) is 60.9 Å². The van der Waals surface area contributed by atoms with Gasteiger partial charge in [-0.1, -0.05) is 54.1 Å². The second-order valence-corrected chi connectivity index (χ2v) is 13.5. The van der Waals surface area contributed by atoms with Crippen LogP contribution in [0.3, 0.4) is 0 Å². The predicted molar refractivity (Wildman–Crippen MR) is 145 cm³/mol. The molecule has 0 radical (unpaired) electrons. The number of halogens is 1. The van der Waals surface area contributed by atoms with Gasteiger partial charge in [-0.05, 0) is 48.7 Å². The number of carbonyl (C=O) groups is 1. The van der Waals surface area contributed by atoms with Crippen molar-refractivity contribution >= 4 is 44.6 Å². The molecule has 6 nitrogen and oxygen atoms in total. The van der Waals surface area contributed by atoms with Crippen LogP contribution in [-0.4, -0.2) is 62.8 Å². The summed E-state index contributed by atoms with van der Waals surface area (Å²) >= 11 is 7.07. The SMILES string of the molecule is Cc1ccc(C)c(N2CCN(C(=O)[C@@H]3CN(S(=O)(=O)c4ccc(Cl)s4)C[C@H]3c3ccccc3)CC2)c1. The fraction of sp³-hybridized carbons (Fsp3) is 0.370. The number of sulfonamides is 1. The van der Waals surface area contributed by atoms with Gasteiger partial charge in [-0.3, -0.25) is 4.79 Å². The summed E-state index contributed by atoms with van der Waals surface area (Å²) < 4.78 is 28.9. The Labute approximate surface area is 222 Å². The molecule has 0 bridgehead atoms. The second kappa shape index (κ2) is 10.2. The van der Waals surface area contributed by atoms with Crippen molar-refractivity contribution in [3.63, 3.8) is 0 Å². The van der Waals surface area contributed by atoms with Gasteiger partial charge in [-0.25, -0.2) is 8.42 Å². The number of anilines is 1. The van der Waals surface area contributed by atoms with E-state index in [1.165, 1.54) is 21.1 Å². The molecule has 5 rings (SSSR count). The third-order valence-corrected chi connectivity index (χ3v) is 10.8. The van der Waals surface area contributed by atoms with E-state index in [9.17, 15) is 13.2 Å². The van der Waals surface area contributed by atoms with Crippen LogP contribution in [0.15, 0.2) is 64.9 Å².